The van der Waals surface area contributed by atoms with Crippen LogP contribution < -0.4 is 11.0 Å². The molecule has 29 heavy (non-hydrogen) atoms. The summed E-state index contributed by atoms with van der Waals surface area (Å²) >= 11 is 0. The summed E-state index contributed by atoms with van der Waals surface area (Å²) in [5.74, 6) is 0.351. The number of benzene rings is 2. The van der Waals surface area contributed by atoms with E-state index in [1.807, 2.05) is 24.3 Å². The lowest BCUT2D eigenvalue weighted by molar-refractivity contribution is 0.182. The Morgan fingerprint density at radius 3 is 2.31 bits per heavy atom. The summed E-state index contributed by atoms with van der Waals surface area (Å²) in [6.07, 6.45) is 1.51. The quantitative estimate of drug-likeness (QED) is 0.510. The van der Waals surface area contributed by atoms with Gasteiger partial charge in [0, 0.05) is 18.4 Å². The molecule has 0 saturated carbocycles. The molecule has 2 aromatic heterocycles. The van der Waals surface area contributed by atoms with Gasteiger partial charge < -0.3 is 15.4 Å². The van der Waals surface area contributed by atoms with Gasteiger partial charge in [0.2, 0.25) is 0 Å². The minimum atomic E-state index is -0.784. The number of fused-ring (bicyclic) bond motifs is 1. The topological polar surface area (TPSA) is 83.3 Å². The normalized spacial score (nSPS) is 11.1. The van der Waals surface area contributed by atoms with Crippen molar-refractivity contribution in [3.8, 4) is 11.1 Å². The van der Waals surface area contributed by atoms with Crippen LogP contribution in [-0.2, 0) is 6.54 Å². The van der Waals surface area contributed by atoms with Gasteiger partial charge in [-0.15, -0.1) is 4.73 Å². The van der Waals surface area contributed by atoms with Crippen molar-refractivity contribution in [2.45, 2.75) is 6.54 Å². The van der Waals surface area contributed by atoms with Gasteiger partial charge in [-0.2, -0.15) is 4.98 Å². The van der Waals surface area contributed by atoms with Crippen LogP contribution in [0.4, 0.5) is 11.5 Å². The Balaban J connectivity index is 1.59. The van der Waals surface area contributed by atoms with Crippen molar-refractivity contribution in [3.05, 3.63) is 82.9 Å². The third-order valence-corrected chi connectivity index (χ3v) is 4.56. The standard InChI is InChI=1S/C22H21N5O2/c1-26(2)14-15-5-7-16(8-6-15)17-9-11-18(12-10-17)24-20-19-4-3-13-23-21(19)27(29)22(28)25-20/h3-13,29H,14H2,1-2H3,(H,24,25,28). The monoisotopic (exact) mass is 387 g/mol. The molecule has 2 heterocycles. The molecule has 7 nitrogen and oxygen atoms in total. The van der Waals surface area contributed by atoms with Gasteiger partial charge in [0.15, 0.2) is 5.65 Å². The van der Waals surface area contributed by atoms with E-state index in [4.69, 9.17) is 0 Å². The number of hydrogen-bond acceptors (Lipinski definition) is 6. The molecule has 0 bridgehead atoms. The largest absolute Gasteiger partial charge is 0.422 e. The lowest BCUT2D eigenvalue weighted by atomic mass is 10.0. The molecule has 0 spiro atoms. The average Bonchev–Trinajstić information content (AvgIpc) is 2.73. The van der Waals surface area contributed by atoms with Gasteiger partial charge in [-0.3, -0.25) is 0 Å². The zero-order chi connectivity index (χ0) is 20.4. The fourth-order valence-corrected chi connectivity index (χ4v) is 3.19. The van der Waals surface area contributed by atoms with Crippen molar-refractivity contribution < 1.29 is 5.21 Å². The van der Waals surface area contributed by atoms with Crippen LogP contribution in [0.15, 0.2) is 71.7 Å². The molecule has 0 aliphatic carbocycles. The molecule has 0 amide bonds. The number of nitrogens with zero attached hydrogens (tertiary/aromatic N) is 4. The van der Waals surface area contributed by atoms with E-state index >= 15 is 0 Å². The summed E-state index contributed by atoms with van der Waals surface area (Å²) in [5.41, 5.74) is 3.65. The van der Waals surface area contributed by atoms with Crippen molar-refractivity contribution in [3.63, 3.8) is 0 Å². The fraction of sp³-hybridized carbons (Fsp3) is 0.136. The second-order valence-electron chi connectivity index (χ2n) is 7.07. The fourth-order valence-electron chi connectivity index (χ4n) is 3.19. The molecule has 2 aromatic carbocycles. The lowest BCUT2D eigenvalue weighted by Gasteiger charge is -2.11. The number of hydrogen-bond donors (Lipinski definition) is 2. The molecule has 146 valence electrons. The van der Waals surface area contributed by atoms with Crippen LogP contribution in [0.3, 0.4) is 0 Å². The highest BCUT2D eigenvalue weighted by atomic mass is 16.5. The molecule has 4 aromatic rings. The Bertz CT molecular complexity index is 1200. The van der Waals surface area contributed by atoms with Crippen molar-refractivity contribution >= 4 is 22.5 Å². The molecule has 7 heteroatoms. The second-order valence-corrected chi connectivity index (χ2v) is 7.07. The van der Waals surface area contributed by atoms with Crippen LogP contribution in [0.25, 0.3) is 22.2 Å². The van der Waals surface area contributed by atoms with Crippen LogP contribution in [0.2, 0.25) is 0 Å². The van der Waals surface area contributed by atoms with Gasteiger partial charge in [0.1, 0.15) is 5.82 Å². The molecule has 0 aliphatic heterocycles. The van der Waals surface area contributed by atoms with E-state index < -0.39 is 5.69 Å². The van der Waals surface area contributed by atoms with E-state index in [9.17, 15) is 10.0 Å². The maximum absolute atomic E-state index is 11.9. The van der Waals surface area contributed by atoms with Gasteiger partial charge in [-0.25, -0.2) is 9.78 Å². The summed E-state index contributed by atoms with van der Waals surface area (Å²) in [4.78, 5) is 22.0. The number of pyridine rings is 1. The van der Waals surface area contributed by atoms with E-state index in [1.165, 1.54) is 11.8 Å². The third kappa shape index (κ3) is 3.95. The Morgan fingerprint density at radius 2 is 1.66 bits per heavy atom. The number of nitrogens with one attached hydrogen (secondary N) is 1. The van der Waals surface area contributed by atoms with Crippen LogP contribution in [0.5, 0.6) is 0 Å². The number of aromatic nitrogens is 3. The van der Waals surface area contributed by atoms with Gasteiger partial charge in [-0.1, -0.05) is 36.4 Å². The minimum Gasteiger partial charge on any atom is -0.422 e. The first kappa shape index (κ1) is 18.6. The lowest BCUT2D eigenvalue weighted by Crippen LogP contribution is -2.23. The average molecular weight is 387 g/mol. The molecule has 0 fully saturated rings. The van der Waals surface area contributed by atoms with Crippen molar-refractivity contribution in [1.82, 2.24) is 19.6 Å². The smallest absolute Gasteiger partial charge is 0.384 e. The highest BCUT2D eigenvalue weighted by molar-refractivity contribution is 5.88. The zero-order valence-corrected chi connectivity index (χ0v) is 16.2. The molecule has 2 N–H and O–H groups in total. The molecular formula is C22H21N5O2. The molecule has 0 unspecified atom stereocenters. The molecule has 0 aliphatic rings. The van der Waals surface area contributed by atoms with Crippen molar-refractivity contribution in [2.75, 3.05) is 19.4 Å². The molecule has 0 radical (unpaired) electrons. The van der Waals surface area contributed by atoms with Crippen LogP contribution in [-0.4, -0.2) is 38.9 Å². The highest BCUT2D eigenvalue weighted by Gasteiger charge is 2.11. The van der Waals surface area contributed by atoms with Gasteiger partial charge >= 0.3 is 5.69 Å². The predicted molar refractivity (Wildman–Crippen MR) is 114 cm³/mol. The summed E-state index contributed by atoms with van der Waals surface area (Å²) in [6.45, 7) is 0.908. The predicted octanol–water partition coefficient (Wildman–Crippen LogP) is 3.50. The summed E-state index contributed by atoms with van der Waals surface area (Å²) < 4.78 is 0.448. The highest BCUT2D eigenvalue weighted by Crippen LogP contribution is 2.25. The first-order valence-electron chi connectivity index (χ1n) is 9.19. The van der Waals surface area contributed by atoms with E-state index in [0.717, 1.165) is 23.4 Å². The van der Waals surface area contributed by atoms with Crippen molar-refractivity contribution in [1.29, 1.82) is 0 Å². The molecule has 0 atom stereocenters. The number of rotatable bonds is 5. The SMILES string of the molecule is CN(C)Cc1ccc(-c2ccc(Nc3nc(=O)n(O)c4ncccc34)cc2)cc1. The molecular weight excluding hydrogens is 366 g/mol. The van der Waals surface area contributed by atoms with Crippen LogP contribution >= 0.6 is 0 Å². The summed E-state index contributed by atoms with van der Waals surface area (Å²) in [6, 6.07) is 19.8. The summed E-state index contributed by atoms with van der Waals surface area (Å²) in [5, 5.41) is 13.5. The van der Waals surface area contributed by atoms with Gasteiger partial charge in [-0.05, 0) is 55.1 Å². The van der Waals surface area contributed by atoms with E-state index in [0.29, 0.717) is 15.9 Å². The van der Waals surface area contributed by atoms with E-state index in [-0.39, 0.29) is 5.65 Å². The number of anilines is 2. The minimum absolute atomic E-state index is 0.157. The van der Waals surface area contributed by atoms with Crippen LogP contribution in [0.1, 0.15) is 5.56 Å². The first-order chi connectivity index (χ1) is 14.0. The Hall–Kier alpha value is -3.71. The maximum Gasteiger partial charge on any atom is 0.384 e. The Labute approximate surface area is 167 Å². The third-order valence-electron chi connectivity index (χ3n) is 4.56. The second kappa shape index (κ2) is 7.73. The Kier molecular flexibility index (Phi) is 4.97. The van der Waals surface area contributed by atoms with Gasteiger partial charge in [0.05, 0.1) is 5.39 Å². The maximum atomic E-state index is 11.9. The first-order valence-corrected chi connectivity index (χ1v) is 9.19. The van der Waals surface area contributed by atoms with E-state index in [2.05, 4.69) is 58.5 Å². The zero-order valence-electron chi connectivity index (χ0n) is 16.2. The summed E-state index contributed by atoms with van der Waals surface area (Å²) in [7, 11) is 4.10. The van der Waals surface area contributed by atoms with Crippen LogP contribution in [0, 0.1) is 0 Å². The molecule has 0 saturated heterocycles. The van der Waals surface area contributed by atoms with E-state index in [1.54, 1.807) is 12.1 Å². The van der Waals surface area contributed by atoms with Gasteiger partial charge in [0.25, 0.3) is 0 Å². The molecule has 4 rings (SSSR count). The van der Waals surface area contributed by atoms with Crippen molar-refractivity contribution in [2.24, 2.45) is 0 Å². The Morgan fingerprint density at radius 1 is 1.00 bits per heavy atom.